The van der Waals surface area contributed by atoms with Crippen LogP contribution in [0.3, 0.4) is 0 Å². The molecule has 0 radical (unpaired) electrons. The van der Waals surface area contributed by atoms with E-state index in [2.05, 4.69) is 10.3 Å². The number of benzene rings is 1. The lowest BCUT2D eigenvalue weighted by atomic mass is 10.2. The van der Waals surface area contributed by atoms with Crippen molar-refractivity contribution < 1.29 is 9.59 Å². The molecule has 0 spiro atoms. The number of hydrogen-bond donors (Lipinski definition) is 1. The highest BCUT2D eigenvalue weighted by atomic mass is 35.5. The van der Waals surface area contributed by atoms with Crippen molar-refractivity contribution in [3.63, 3.8) is 0 Å². The highest BCUT2D eigenvalue weighted by Crippen LogP contribution is 2.25. The number of nitrogens with zero attached hydrogens (tertiary/aromatic N) is 2. The summed E-state index contributed by atoms with van der Waals surface area (Å²) in [6.45, 7) is 1.95. The molecule has 2 rings (SSSR count). The lowest BCUT2D eigenvalue weighted by Gasteiger charge is -2.22. The van der Waals surface area contributed by atoms with E-state index in [4.69, 9.17) is 34.8 Å². The first-order valence-corrected chi connectivity index (χ1v) is 8.53. The van der Waals surface area contributed by atoms with E-state index in [-0.39, 0.29) is 21.5 Å². The molecule has 2 amide bonds. The molecule has 132 valence electrons. The van der Waals surface area contributed by atoms with Crippen LogP contribution in [-0.4, -0.2) is 34.8 Å². The van der Waals surface area contributed by atoms with Crippen LogP contribution in [0.4, 0.5) is 0 Å². The van der Waals surface area contributed by atoms with E-state index in [1.807, 2.05) is 0 Å². The largest absolute Gasteiger partial charge is 0.340 e. The van der Waals surface area contributed by atoms with E-state index in [0.29, 0.717) is 11.7 Å². The first-order chi connectivity index (χ1) is 11.8. The average Bonchev–Trinajstić information content (AvgIpc) is 2.58. The van der Waals surface area contributed by atoms with Gasteiger partial charge >= 0.3 is 0 Å². The van der Waals surface area contributed by atoms with E-state index in [9.17, 15) is 9.59 Å². The van der Waals surface area contributed by atoms with Gasteiger partial charge in [-0.25, -0.2) is 4.98 Å². The molecule has 0 aliphatic heterocycles. The number of carbonyl (C=O) groups is 2. The van der Waals surface area contributed by atoms with E-state index in [1.54, 1.807) is 50.5 Å². The molecule has 8 heteroatoms. The number of amides is 2. The van der Waals surface area contributed by atoms with Crippen LogP contribution in [0.2, 0.25) is 15.2 Å². The van der Waals surface area contributed by atoms with Crippen molar-refractivity contribution in [3.8, 4) is 0 Å². The molecule has 1 N–H and O–H groups in total. The van der Waals surface area contributed by atoms with Crippen LogP contribution < -0.4 is 5.32 Å². The number of carbonyl (C=O) groups excluding carboxylic acids is 2. The molecule has 0 fully saturated rings. The number of nitrogens with one attached hydrogen (secondary N) is 1. The first-order valence-electron chi connectivity index (χ1n) is 7.40. The van der Waals surface area contributed by atoms with Crippen LogP contribution in [0.15, 0.2) is 36.5 Å². The maximum atomic E-state index is 12.4. The van der Waals surface area contributed by atoms with Gasteiger partial charge in [-0.05, 0) is 30.7 Å². The number of pyridine rings is 1. The molecule has 0 saturated heterocycles. The summed E-state index contributed by atoms with van der Waals surface area (Å²) in [7, 11) is 1.64. The zero-order valence-electron chi connectivity index (χ0n) is 13.6. The monoisotopic (exact) mass is 399 g/mol. The summed E-state index contributed by atoms with van der Waals surface area (Å²) in [5.41, 5.74) is 1.05. The van der Waals surface area contributed by atoms with Crippen molar-refractivity contribution in [1.82, 2.24) is 15.2 Å². The van der Waals surface area contributed by atoms with E-state index in [1.165, 1.54) is 4.90 Å². The minimum atomic E-state index is -0.729. The van der Waals surface area contributed by atoms with E-state index < -0.39 is 11.9 Å². The highest BCUT2D eigenvalue weighted by Gasteiger charge is 2.22. The zero-order chi connectivity index (χ0) is 18.6. The van der Waals surface area contributed by atoms with Gasteiger partial charge < -0.3 is 10.2 Å². The molecule has 25 heavy (non-hydrogen) atoms. The number of hydrogen-bond acceptors (Lipinski definition) is 3. The molecule has 1 heterocycles. The Morgan fingerprint density at radius 2 is 1.92 bits per heavy atom. The van der Waals surface area contributed by atoms with Crippen LogP contribution >= 0.6 is 34.8 Å². The smallest absolute Gasteiger partial charge is 0.253 e. The van der Waals surface area contributed by atoms with Gasteiger partial charge in [0.1, 0.15) is 11.2 Å². The second-order valence-electron chi connectivity index (χ2n) is 5.48. The minimum Gasteiger partial charge on any atom is -0.340 e. The molecule has 0 aliphatic rings. The third-order valence-electron chi connectivity index (χ3n) is 3.50. The lowest BCUT2D eigenvalue weighted by molar-refractivity contribution is -0.132. The quantitative estimate of drug-likeness (QED) is 0.776. The van der Waals surface area contributed by atoms with Gasteiger partial charge in [0.2, 0.25) is 5.91 Å². The number of aromatic nitrogens is 1. The van der Waals surface area contributed by atoms with Crippen molar-refractivity contribution in [2.45, 2.75) is 19.5 Å². The Kier molecular flexibility index (Phi) is 6.64. The summed E-state index contributed by atoms with van der Waals surface area (Å²) in [6.07, 6.45) is 1.60. The summed E-state index contributed by atoms with van der Waals surface area (Å²) in [5, 5.41) is 3.45. The van der Waals surface area contributed by atoms with Gasteiger partial charge in [0.05, 0.1) is 15.6 Å². The first kappa shape index (κ1) is 19.5. The van der Waals surface area contributed by atoms with Crippen LogP contribution in [0.1, 0.15) is 22.8 Å². The summed E-state index contributed by atoms with van der Waals surface area (Å²) < 4.78 is 0. The maximum absolute atomic E-state index is 12.4. The van der Waals surface area contributed by atoms with Gasteiger partial charge in [0.25, 0.3) is 5.91 Å². The Bertz CT molecular complexity index is 781. The molecular weight excluding hydrogens is 385 g/mol. The van der Waals surface area contributed by atoms with Crippen molar-refractivity contribution in [1.29, 1.82) is 0 Å². The van der Waals surface area contributed by atoms with Gasteiger partial charge in [-0.1, -0.05) is 46.9 Å². The second-order valence-corrected chi connectivity index (χ2v) is 6.65. The maximum Gasteiger partial charge on any atom is 0.253 e. The van der Waals surface area contributed by atoms with Crippen molar-refractivity contribution in [2.75, 3.05) is 7.05 Å². The highest BCUT2D eigenvalue weighted by molar-refractivity contribution is 6.43. The fourth-order valence-electron chi connectivity index (χ4n) is 2.20. The molecule has 1 unspecified atom stereocenters. The van der Waals surface area contributed by atoms with Crippen molar-refractivity contribution in [3.05, 3.63) is 62.9 Å². The molecule has 5 nitrogen and oxygen atoms in total. The summed E-state index contributed by atoms with van der Waals surface area (Å²) in [5.74, 6) is -0.712. The summed E-state index contributed by atoms with van der Waals surface area (Å²) in [6, 6.07) is 7.46. The van der Waals surface area contributed by atoms with Crippen molar-refractivity contribution >= 4 is 46.6 Å². The average molecular weight is 401 g/mol. The topological polar surface area (TPSA) is 62.3 Å². The van der Waals surface area contributed by atoms with Crippen LogP contribution in [-0.2, 0) is 11.3 Å². The van der Waals surface area contributed by atoms with Gasteiger partial charge in [-0.3, -0.25) is 9.59 Å². The molecule has 1 atom stereocenters. The Morgan fingerprint density at radius 1 is 1.20 bits per heavy atom. The van der Waals surface area contributed by atoms with Crippen molar-refractivity contribution in [2.24, 2.45) is 0 Å². The normalized spacial score (nSPS) is 11.7. The Balaban J connectivity index is 2.00. The fourth-order valence-corrected chi connectivity index (χ4v) is 2.70. The molecule has 2 aromatic rings. The zero-order valence-corrected chi connectivity index (χ0v) is 15.9. The van der Waals surface area contributed by atoms with Crippen LogP contribution in [0.5, 0.6) is 0 Å². The van der Waals surface area contributed by atoms with E-state index in [0.717, 1.165) is 5.56 Å². The Hall–Kier alpha value is -1.82. The van der Waals surface area contributed by atoms with Crippen LogP contribution in [0.25, 0.3) is 0 Å². The standard InChI is InChI=1S/C17H16Cl3N3O2/c1-10(22-16(24)12-4-3-5-13(18)15(12)20)17(25)23(2)9-11-6-7-14(19)21-8-11/h3-8,10H,9H2,1-2H3,(H,22,24). The van der Waals surface area contributed by atoms with Gasteiger partial charge in [0, 0.05) is 19.8 Å². The Morgan fingerprint density at radius 3 is 2.56 bits per heavy atom. The molecule has 0 aliphatic carbocycles. The number of likely N-dealkylation sites (N-methyl/N-ethyl adjacent to an activating group) is 1. The predicted octanol–water partition coefficient (Wildman–Crippen LogP) is 3.82. The molecule has 0 saturated carbocycles. The van der Waals surface area contributed by atoms with Crippen LogP contribution in [0, 0.1) is 0 Å². The Labute approximate surface area is 160 Å². The summed E-state index contributed by atoms with van der Waals surface area (Å²) in [4.78, 5) is 30.2. The van der Waals surface area contributed by atoms with Gasteiger partial charge in [-0.15, -0.1) is 0 Å². The molecular formula is C17H16Cl3N3O2. The molecule has 1 aromatic carbocycles. The molecule has 0 bridgehead atoms. The number of rotatable bonds is 5. The molecule has 1 aromatic heterocycles. The van der Waals surface area contributed by atoms with E-state index >= 15 is 0 Å². The third kappa shape index (κ3) is 5.08. The summed E-state index contributed by atoms with van der Waals surface area (Å²) >= 11 is 17.7. The lowest BCUT2D eigenvalue weighted by Crippen LogP contribution is -2.45. The minimum absolute atomic E-state index is 0.155. The second kappa shape index (κ2) is 8.52. The SMILES string of the molecule is CC(NC(=O)c1cccc(Cl)c1Cl)C(=O)N(C)Cc1ccc(Cl)nc1. The van der Waals surface area contributed by atoms with Gasteiger partial charge in [0.15, 0.2) is 0 Å². The van der Waals surface area contributed by atoms with Gasteiger partial charge in [-0.2, -0.15) is 0 Å². The predicted molar refractivity (Wildman–Crippen MR) is 99.1 cm³/mol. The third-order valence-corrected chi connectivity index (χ3v) is 4.54. The number of halogens is 3. The fraction of sp³-hybridized carbons (Fsp3) is 0.235.